The van der Waals surface area contributed by atoms with Crippen molar-refractivity contribution in [3.05, 3.63) is 36.2 Å². The maximum atomic E-state index is 11.5. The van der Waals surface area contributed by atoms with Crippen LogP contribution < -0.4 is 5.32 Å². The first-order valence-electron chi connectivity index (χ1n) is 5.00. The van der Waals surface area contributed by atoms with Gasteiger partial charge in [0.2, 0.25) is 0 Å². The van der Waals surface area contributed by atoms with Gasteiger partial charge in [0.25, 0.3) is 5.91 Å². The van der Waals surface area contributed by atoms with Crippen LogP contribution in [0.2, 0.25) is 0 Å². The molecule has 0 saturated carbocycles. The quantitative estimate of drug-likeness (QED) is 0.766. The Morgan fingerprint density at radius 1 is 1.62 bits per heavy atom. The zero-order chi connectivity index (χ0) is 11.4. The van der Waals surface area contributed by atoms with Gasteiger partial charge in [0.1, 0.15) is 5.82 Å². The van der Waals surface area contributed by atoms with Gasteiger partial charge >= 0.3 is 0 Å². The Bertz CT molecular complexity index is 459. The molecule has 0 bridgehead atoms. The summed E-state index contributed by atoms with van der Waals surface area (Å²) in [6.45, 7) is 0.564. The predicted octanol–water partition coefficient (Wildman–Crippen LogP) is 0.116. The second-order valence-corrected chi connectivity index (χ2v) is 3.45. The lowest BCUT2D eigenvalue weighted by Crippen LogP contribution is -2.26. The molecular formula is C10H13N5O. The SMILES string of the molecule is Cn1ccnc1CCNC(=O)c1cn[nH]c1. The van der Waals surface area contributed by atoms with E-state index in [0.29, 0.717) is 18.5 Å². The van der Waals surface area contributed by atoms with Gasteiger partial charge in [-0.05, 0) is 0 Å². The standard InChI is InChI=1S/C10H13N5O/c1-15-5-4-11-9(15)2-3-12-10(16)8-6-13-14-7-8/h4-7H,2-3H2,1H3,(H,12,16)(H,13,14). The van der Waals surface area contributed by atoms with Gasteiger partial charge in [-0.2, -0.15) is 5.10 Å². The first-order valence-corrected chi connectivity index (χ1v) is 5.00. The summed E-state index contributed by atoms with van der Waals surface area (Å²) in [5.41, 5.74) is 0.542. The minimum Gasteiger partial charge on any atom is -0.351 e. The van der Waals surface area contributed by atoms with Crippen LogP contribution in [0.3, 0.4) is 0 Å². The van der Waals surface area contributed by atoms with Crippen LogP contribution in [0.1, 0.15) is 16.2 Å². The lowest BCUT2D eigenvalue weighted by Gasteiger charge is -2.03. The van der Waals surface area contributed by atoms with Gasteiger partial charge < -0.3 is 9.88 Å². The number of nitrogens with zero attached hydrogens (tertiary/aromatic N) is 3. The van der Waals surface area contributed by atoms with E-state index < -0.39 is 0 Å². The molecule has 0 aromatic carbocycles. The van der Waals surface area contributed by atoms with E-state index in [4.69, 9.17) is 0 Å². The summed E-state index contributed by atoms with van der Waals surface area (Å²) in [5, 5.41) is 9.11. The first-order chi connectivity index (χ1) is 7.77. The van der Waals surface area contributed by atoms with Crippen molar-refractivity contribution in [1.29, 1.82) is 0 Å². The van der Waals surface area contributed by atoms with E-state index in [1.165, 1.54) is 6.20 Å². The summed E-state index contributed by atoms with van der Waals surface area (Å²) in [6.07, 6.45) is 7.40. The van der Waals surface area contributed by atoms with Gasteiger partial charge in [-0.15, -0.1) is 0 Å². The largest absolute Gasteiger partial charge is 0.351 e. The van der Waals surface area contributed by atoms with E-state index in [2.05, 4.69) is 20.5 Å². The fourth-order valence-corrected chi connectivity index (χ4v) is 1.40. The molecule has 2 aromatic rings. The van der Waals surface area contributed by atoms with Gasteiger partial charge in [0.05, 0.1) is 11.8 Å². The molecule has 1 amide bonds. The molecule has 2 heterocycles. The molecule has 0 atom stereocenters. The Morgan fingerprint density at radius 2 is 2.50 bits per heavy atom. The summed E-state index contributed by atoms with van der Waals surface area (Å²) in [4.78, 5) is 15.7. The van der Waals surface area contributed by atoms with Crippen LogP contribution in [0.4, 0.5) is 0 Å². The molecule has 2 aromatic heterocycles. The number of hydrogen-bond donors (Lipinski definition) is 2. The van der Waals surface area contributed by atoms with Gasteiger partial charge in [0.15, 0.2) is 0 Å². The zero-order valence-electron chi connectivity index (χ0n) is 8.97. The summed E-state index contributed by atoms with van der Waals surface area (Å²) in [5.74, 6) is 0.829. The Labute approximate surface area is 92.7 Å². The van der Waals surface area contributed by atoms with Crippen molar-refractivity contribution >= 4 is 5.91 Å². The molecule has 16 heavy (non-hydrogen) atoms. The monoisotopic (exact) mass is 219 g/mol. The van der Waals surface area contributed by atoms with E-state index >= 15 is 0 Å². The molecule has 2 N–H and O–H groups in total. The fraction of sp³-hybridized carbons (Fsp3) is 0.300. The highest BCUT2D eigenvalue weighted by Crippen LogP contribution is 1.96. The molecule has 0 spiro atoms. The van der Waals surface area contributed by atoms with Crippen molar-refractivity contribution in [3.8, 4) is 0 Å². The Kier molecular flexibility index (Phi) is 3.00. The lowest BCUT2D eigenvalue weighted by atomic mass is 10.3. The average Bonchev–Trinajstić information content (AvgIpc) is 2.90. The minimum absolute atomic E-state index is 0.122. The summed E-state index contributed by atoms with van der Waals surface area (Å²) < 4.78 is 1.93. The number of carbonyl (C=O) groups excluding carboxylic acids is 1. The molecule has 0 aliphatic rings. The van der Waals surface area contributed by atoms with Gasteiger partial charge in [0, 0.05) is 38.6 Å². The van der Waals surface area contributed by atoms with Gasteiger partial charge in [-0.25, -0.2) is 4.98 Å². The number of hydrogen-bond acceptors (Lipinski definition) is 3. The predicted molar refractivity (Wildman–Crippen MR) is 57.8 cm³/mol. The summed E-state index contributed by atoms with van der Waals surface area (Å²) in [7, 11) is 1.93. The Hall–Kier alpha value is -2.11. The van der Waals surface area contributed by atoms with Crippen LogP contribution in [-0.4, -0.2) is 32.2 Å². The Balaban J connectivity index is 1.81. The highest BCUT2D eigenvalue weighted by Gasteiger charge is 2.06. The van der Waals surface area contributed by atoms with Gasteiger partial charge in [-0.1, -0.05) is 0 Å². The Morgan fingerprint density at radius 3 is 3.12 bits per heavy atom. The van der Waals surface area contributed by atoms with Crippen LogP contribution in [0.15, 0.2) is 24.8 Å². The van der Waals surface area contributed by atoms with Crippen molar-refractivity contribution in [3.63, 3.8) is 0 Å². The number of rotatable bonds is 4. The molecule has 0 saturated heterocycles. The molecule has 0 fully saturated rings. The van der Waals surface area contributed by atoms with Crippen molar-refractivity contribution in [1.82, 2.24) is 25.1 Å². The van der Waals surface area contributed by atoms with E-state index in [1.807, 2.05) is 17.8 Å². The van der Waals surface area contributed by atoms with Crippen LogP contribution in [0.5, 0.6) is 0 Å². The van der Waals surface area contributed by atoms with Crippen molar-refractivity contribution in [2.45, 2.75) is 6.42 Å². The maximum Gasteiger partial charge on any atom is 0.254 e. The molecule has 0 unspecified atom stereocenters. The average molecular weight is 219 g/mol. The van der Waals surface area contributed by atoms with Crippen LogP contribution >= 0.6 is 0 Å². The number of aromatic nitrogens is 4. The zero-order valence-corrected chi connectivity index (χ0v) is 8.97. The summed E-state index contributed by atoms with van der Waals surface area (Å²) in [6, 6.07) is 0. The molecular weight excluding hydrogens is 206 g/mol. The maximum absolute atomic E-state index is 11.5. The number of carbonyl (C=O) groups is 1. The molecule has 0 aliphatic carbocycles. The van der Waals surface area contributed by atoms with Crippen LogP contribution in [0, 0.1) is 0 Å². The molecule has 6 nitrogen and oxygen atoms in total. The third-order valence-electron chi connectivity index (χ3n) is 2.32. The third kappa shape index (κ3) is 2.28. The second-order valence-electron chi connectivity index (χ2n) is 3.45. The number of nitrogens with one attached hydrogen (secondary N) is 2. The third-order valence-corrected chi connectivity index (χ3v) is 2.32. The number of amides is 1. The van der Waals surface area contributed by atoms with Crippen molar-refractivity contribution in [2.24, 2.45) is 7.05 Å². The smallest absolute Gasteiger partial charge is 0.254 e. The minimum atomic E-state index is -0.122. The highest BCUT2D eigenvalue weighted by atomic mass is 16.1. The molecule has 0 aliphatic heterocycles. The van der Waals surface area contributed by atoms with E-state index in [1.54, 1.807) is 12.4 Å². The number of H-pyrrole nitrogens is 1. The van der Waals surface area contributed by atoms with E-state index in [0.717, 1.165) is 5.82 Å². The van der Waals surface area contributed by atoms with E-state index in [9.17, 15) is 4.79 Å². The molecule has 2 rings (SSSR count). The number of imidazole rings is 1. The normalized spacial score (nSPS) is 10.3. The lowest BCUT2D eigenvalue weighted by molar-refractivity contribution is 0.0954. The van der Waals surface area contributed by atoms with Crippen molar-refractivity contribution in [2.75, 3.05) is 6.54 Å². The fourth-order valence-electron chi connectivity index (χ4n) is 1.40. The molecule has 84 valence electrons. The van der Waals surface area contributed by atoms with Gasteiger partial charge in [-0.3, -0.25) is 9.89 Å². The number of aromatic amines is 1. The van der Waals surface area contributed by atoms with Crippen molar-refractivity contribution < 1.29 is 4.79 Å². The van der Waals surface area contributed by atoms with E-state index in [-0.39, 0.29) is 5.91 Å². The summed E-state index contributed by atoms with van der Waals surface area (Å²) >= 11 is 0. The van der Waals surface area contributed by atoms with Crippen LogP contribution in [-0.2, 0) is 13.5 Å². The molecule has 0 radical (unpaired) electrons. The second kappa shape index (κ2) is 4.61. The number of aryl methyl sites for hydroxylation is 1. The molecule has 6 heteroatoms. The highest BCUT2D eigenvalue weighted by molar-refractivity contribution is 5.93. The first kappa shape index (κ1) is 10.4. The van der Waals surface area contributed by atoms with Crippen LogP contribution in [0.25, 0.3) is 0 Å². The topological polar surface area (TPSA) is 75.6 Å².